The standard InChI is InChI=1S/C23H28N4O2/c1-3-11-26-22(29)23(10-7-12-27(16-23)21(28)4-2)13-18-8-5-6-9-20(18)19-14-24-17-25-15-19/h3,5-6,8-9,14-15,17H,1,4,7,10-13,16H2,2H3,(H,26,29)/t23-/m0/s1. The number of likely N-dealkylation sites (tertiary alicyclic amines) is 1. The Labute approximate surface area is 172 Å². The van der Waals surface area contributed by atoms with Crippen molar-refractivity contribution in [1.29, 1.82) is 0 Å². The van der Waals surface area contributed by atoms with E-state index < -0.39 is 5.41 Å². The van der Waals surface area contributed by atoms with Gasteiger partial charge in [-0.2, -0.15) is 0 Å². The normalized spacial score (nSPS) is 18.9. The van der Waals surface area contributed by atoms with Gasteiger partial charge >= 0.3 is 0 Å². The number of carbonyl (C=O) groups excluding carboxylic acids is 2. The monoisotopic (exact) mass is 392 g/mol. The van der Waals surface area contributed by atoms with Gasteiger partial charge in [0.1, 0.15) is 6.33 Å². The predicted octanol–water partition coefficient (Wildman–Crippen LogP) is 3.01. The second kappa shape index (κ2) is 9.45. The van der Waals surface area contributed by atoms with Crippen LogP contribution in [0, 0.1) is 5.41 Å². The van der Waals surface area contributed by atoms with Crippen molar-refractivity contribution in [3.63, 3.8) is 0 Å². The third kappa shape index (κ3) is 4.70. The number of piperidine rings is 1. The van der Waals surface area contributed by atoms with Gasteiger partial charge in [0.05, 0.1) is 5.41 Å². The number of aromatic nitrogens is 2. The molecule has 0 radical (unpaired) electrons. The number of amides is 2. The predicted molar refractivity (Wildman–Crippen MR) is 113 cm³/mol. The summed E-state index contributed by atoms with van der Waals surface area (Å²) in [6.07, 6.45) is 9.29. The van der Waals surface area contributed by atoms with E-state index in [-0.39, 0.29) is 11.8 Å². The molecule has 1 aromatic carbocycles. The summed E-state index contributed by atoms with van der Waals surface area (Å²) in [5, 5.41) is 2.98. The van der Waals surface area contributed by atoms with Gasteiger partial charge in [-0.15, -0.1) is 6.58 Å². The number of rotatable bonds is 7. The number of hydrogen-bond acceptors (Lipinski definition) is 4. The van der Waals surface area contributed by atoms with Crippen LogP contribution in [0.3, 0.4) is 0 Å². The van der Waals surface area contributed by atoms with E-state index in [2.05, 4.69) is 21.9 Å². The average molecular weight is 393 g/mol. The molecule has 3 rings (SSSR count). The van der Waals surface area contributed by atoms with Crippen molar-refractivity contribution in [3.8, 4) is 11.1 Å². The third-order valence-electron chi connectivity index (χ3n) is 5.54. The number of nitrogens with one attached hydrogen (secondary N) is 1. The first-order valence-corrected chi connectivity index (χ1v) is 10.1. The van der Waals surface area contributed by atoms with Gasteiger partial charge in [-0.25, -0.2) is 9.97 Å². The van der Waals surface area contributed by atoms with E-state index in [1.807, 2.05) is 36.1 Å². The van der Waals surface area contributed by atoms with Crippen molar-refractivity contribution in [2.75, 3.05) is 19.6 Å². The van der Waals surface area contributed by atoms with E-state index in [9.17, 15) is 9.59 Å². The first-order valence-electron chi connectivity index (χ1n) is 10.1. The van der Waals surface area contributed by atoms with E-state index in [1.165, 1.54) is 6.33 Å². The smallest absolute Gasteiger partial charge is 0.228 e. The summed E-state index contributed by atoms with van der Waals surface area (Å²) in [4.78, 5) is 35.8. The number of hydrogen-bond donors (Lipinski definition) is 1. The summed E-state index contributed by atoms with van der Waals surface area (Å²) in [6.45, 7) is 7.12. The maximum atomic E-state index is 13.3. The molecule has 6 heteroatoms. The summed E-state index contributed by atoms with van der Waals surface area (Å²) >= 11 is 0. The largest absolute Gasteiger partial charge is 0.352 e. The maximum Gasteiger partial charge on any atom is 0.228 e. The molecule has 2 heterocycles. The molecule has 1 atom stereocenters. The van der Waals surface area contributed by atoms with E-state index in [0.717, 1.165) is 29.5 Å². The molecule has 2 aromatic rings. The zero-order valence-electron chi connectivity index (χ0n) is 16.9. The van der Waals surface area contributed by atoms with E-state index >= 15 is 0 Å². The van der Waals surface area contributed by atoms with Gasteiger partial charge < -0.3 is 10.2 Å². The second-order valence-corrected chi connectivity index (χ2v) is 7.51. The molecule has 1 N–H and O–H groups in total. The Morgan fingerprint density at radius 1 is 1.28 bits per heavy atom. The molecule has 0 unspecified atom stereocenters. The lowest BCUT2D eigenvalue weighted by molar-refractivity contribution is -0.141. The summed E-state index contributed by atoms with van der Waals surface area (Å²) in [6, 6.07) is 8.03. The van der Waals surface area contributed by atoms with Crippen molar-refractivity contribution >= 4 is 11.8 Å². The molecule has 0 bridgehead atoms. The van der Waals surface area contributed by atoms with Gasteiger partial charge in [0.15, 0.2) is 0 Å². The summed E-state index contributed by atoms with van der Waals surface area (Å²) in [7, 11) is 0. The van der Waals surface area contributed by atoms with Crippen LogP contribution in [0.1, 0.15) is 31.7 Å². The maximum absolute atomic E-state index is 13.3. The molecule has 1 aliphatic heterocycles. The summed E-state index contributed by atoms with van der Waals surface area (Å²) in [5.41, 5.74) is 2.32. The Hall–Kier alpha value is -3.02. The molecular formula is C23H28N4O2. The fourth-order valence-corrected chi connectivity index (χ4v) is 4.09. The number of benzene rings is 1. The van der Waals surface area contributed by atoms with Gasteiger partial charge in [0.25, 0.3) is 0 Å². The molecule has 0 saturated carbocycles. The summed E-state index contributed by atoms with van der Waals surface area (Å²) < 4.78 is 0. The molecule has 1 aromatic heterocycles. The molecular weight excluding hydrogens is 364 g/mol. The quantitative estimate of drug-likeness (QED) is 0.735. The van der Waals surface area contributed by atoms with Crippen LogP contribution >= 0.6 is 0 Å². The highest BCUT2D eigenvalue weighted by atomic mass is 16.2. The van der Waals surface area contributed by atoms with Crippen LogP contribution in [0.5, 0.6) is 0 Å². The highest BCUT2D eigenvalue weighted by Crippen LogP contribution is 2.37. The van der Waals surface area contributed by atoms with Crippen molar-refractivity contribution in [2.24, 2.45) is 5.41 Å². The molecule has 152 valence electrons. The highest BCUT2D eigenvalue weighted by molar-refractivity contribution is 5.85. The first kappa shape index (κ1) is 20.7. The third-order valence-corrected chi connectivity index (χ3v) is 5.54. The minimum absolute atomic E-state index is 0.0230. The van der Waals surface area contributed by atoms with Crippen molar-refractivity contribution in [3.05, 3.63) is 61.2 Å². The van der Waals surface area contributed by atoms with Crippen LogP contribution in [0.2, 0.25) is 0 Å². The van der Waals surface area contributed by atoms with Gasteiger partial charge in [-0.3, -0.25) is 9.59 Å². The Bertz CT molecular complexity index is 868. The molecule has 1 aliphatic rings. The molecule has 1 fully saturated rings. The number of carbonyl (C=O) groups is 2. The molecule has 2 amide bonds. The lowest BCUT2D eigenvalue weighted by Gasteiger charge is -2.42. The molecule has 29 heavy (non-hydrogen) atoms. The number of nitrogens with zero attached hydrogens (tertiary/aromatic N) is 3. The van der Waals surface area contributed by atoms with Crippen LogP contribution in [0.15, 0.2) is 55.6 Å². The van der Waals surface area contributed by atoms with Crippen LogP contribution < -0.4 is 5.32 Å². The van der Waals surface area contributed by atoms with Crippen molar-refractivity contribution < 1.29 is 9.59 Å². The lowest BCUT2D eigenvalue weighted by atomic mass is 9.73. The molecule has 6 nitrogen and oxygen atoms in total. The lowest BCUT2D eigenvalue weighted by Crippen LogP contribution is -2.54. The van der Waals surface area contributed by atoms with Crippen LogP contribution in [-0.4, -0.2) is 46.3 Å². The van der Waals surface area contributed by atoms with E-state index in [1.54, 1.807) is 18.5 Å². The second-order valence-electron chi connectivity index (χ2n) is 7.51. The Morgan fingerprint density at radius 2 is 2.03 bits per heavy atom. The van der Waals surface area contributed by atoms with Gasteiger partial charge in [0.2, 0.25) is 11.8 Å². The van der Waals surface area contributed by atoms with Gasteiger partial charge in [-0.05, 0) is 30.4 Å². The zero-order chi connectivity index (χ0) is 20.7. The SMILES string of the molecule is C=CCNC(=O)[C@]1(Cc2ccccc2-c2cncnc2)CCCN(C(=O)CC)C1. The Morgan fingerprint density at radius 3 is 2.76 bits per heavy atom. The zero-order valence-corrected chi connectivity index (χ0v) is 16.9. The molecule has 0 spiro atoms. The molecule has 1 saturated heterocycles. The minimum atomic E-state index is -0.669. The van der Waals surface area contributed by atoms with Gasteiger partial charge in [-0.1, -0.05) is 37.3 Å². The van der Waals surface area contributed by atoms with E-state index in [0.29, 0.717) is 32.5 Å². The van der Waals surface area contributed by atoms with Crippen LogP contribution in [0.4, 0.5) is 0 Å². The highest BCUT2D eigenvalue weighted by Gasteiger charge is 2.43. The first-order chi connectivity index (χ1) is 14.1. The molecule has 0 aliphatic carbocycles. The summed E-state index contributed by atoms with van der Waals surface area (Å²) in [5.74, 6) is 0.0699. The van der Waals surface area contributed by atoms with Crippen LogP contribution in [-0.2, 0) is 16.0 Å². The van der Waals surface area contributed by atoms with Crippen molar-refractivity contribution in [1.82, 2.24) is 20.2 Å². The minimum Gasteiger partial charge on any atom is -0.352 e. The Kier molecular flexibility index (Phi) is 6.75. The topological polar surface area (TPSA) is 75.2 Å². The average Bonchev–Trinajstić information content (AvgIpc) is 2.78. The van der Waals surface area contributed by atoms with Crippen molar-refractivity contribution in [2.45, 2.75) is 32.6 Å². The van der Waals surface area contributed by atoms with Crippen LogP contribution in [0.25, 0.3) is 11.1 Å². The van der Waals surface area contributed by atoms with E-state index in [4.69, 9.17) is 0 Å². The van der Waals surface area contributed by atoms with Gasteiger partial charge in [0, 0.05) is 44.0 Å². The fourth-order valence-electron chi connectivity index (χ4n) is 4.09. The Balaban J connectivity index is 1.97. The fraction of sp³-hybridized carbons (Fsp3) is 0.391.